The maximum absolute atomic E-state index is 4.42. The second-order valence-electron chi connectivity index (χ2n) is 3.61. The van der Waals surface area contributed by atoms with E-state index < -0.39 is 0 Å². The average molecular weight is 153 g/mol. The van der Waals surface area contributed by atoms with Crippen molar-refractivity contribution in [2.75, 3.05) is 6.54 Å². The molecule has 0 N–H and O–H groups in total. The van der Waals surface area contributed by atoms with Crippen LogP contribution in [-0.2, 0) is 0 Å². The van der Waals surface area contributed by atoms with Gasteiger partial charge in [0.25, 0.3) is 0 Å². The summed E-state index contributed by atoms with van der Waals surface area (Å²) in [7, 11) is 0. The van der Waals surface area contributed by atoms with Crippen molar-refractivity contribution >= 4 is 5.71 Å². The van der Waals surface area contributed by atoms with Gasteiger partial charge in [-0.2, -0.15) is 0 Å². The number of hydrogen-bond donors (Lipinski definition) is 0. The molecule has 0 aromatic carbocycles. The Balaban J connectivity index is 4.48. The molecular weight excluding hydrogens is 134 g/mol. The standard InChI is InChI=1S/C10H19N/c1-6-8-9(11-7-2)10(3,4)5/h6,8H,7H2,1-5H3/b8-6-,11-9?. The first-order valence-corrected chi connectivity index (χ1v) is 4.20. The molecule has 1 nitrogen and oxygen atoms in total. The Morgan fingerprint density at radius 1 is 1.36 bits per heavy atom. The van der Waals surface area contributed by atoms with E-state index in [1.807, 2.05) is 13.0 Å². The molecule has 0 aliphatic carbocycles. The highest BCUT2D eigenvalue weighted by atomic mass is 14.7. The highest BCUT2D eigenvalue weighted by Gasteiger charge is 2.14. The molecule has 0 aromatic rings. The topological polar surface area (TPSA) is 12.4 Å². The minimum atomic E-state index is 0.183. The van der Waals surface area contributed by atoms with E-state index in [4.69, 9.17) is 0 Å². The molecular formula is C10H19N. The SMILES string of the molecule is C/C=C\C(=NCC)C(C)(C)C. The zero-order valence-electron chi connectivity index (χ0n) is 8.31. The maximum atomic E-state index is 4.42. The molecule has 0 saturated heterocycles. The summed E-state index contributed by atoms with van der Waals surface area (Å²) in [4.78, 5) is 4.42. The summed E-state index contributed by atoms with van der Waals surface area (Å²) in [6, 6.07) is 0. The summed E-state index contributed by atoms with van der Waals surface area (Å²) in [6.07, 6.45) is 4.13. The van der Waals surface area contributed by atoms with Crippen LogP contribution >= 0.6 is 0 Å². The van der Waals surface area contributed by atoms with Crippen molar-refractivity contribution in [2.45, 2.75) is 34.6 Å². The Kier molecular flexibility index (Phi) is 4.09. The van der Waals surface area contributed by atoms with Gasteiger partial charge in [0.1, 0.15) is 0 Å². The fraction of sp³-hybridized carbons (Fsp3) is 0.700. The van der Waals surface area contributed by atoms with Gasteiger partial charge >= 0.3 is 0 Å². The summed E-state index contributed by atoms with van der Waals surface area (Å²) in [5.74, 6) is 0. The number of nitrogens with zero attached hydrogens (tertiary/aromatic N) is 1. The third-order valence-electron chi connectivity index (χ3n) is 1.42. The van der Waals surface area contributed by atoms with Crippen molar-refractivity contribution in [1.29, 1.82) is 0 Å². The molecule has 0 heterocycles. The van der Waals surface area contributed by atoms with E-state index in [0.717, 1.165) is 6.54 Å². The van der Waals surface area contributed by atoms with E-state index in [0.29, 0.717) is 0 Å². The van der Waals surface area contributed by atoms with Crippen molar-refractivity contribution < 1.29 is 0 Å². The first-order valence-electron chi connectivity index (χ1n) is 4.20. The monoisotopic (exact) mass is 153 g/mol. The Labute approximate surface area is 70.2 Å². The third-order valence-corrected chi connectivity index (χ3v) is 1.42. The van der Waals surface area contributed by atoms with Crippen LogP contribution in [0.4, 0.5) is 0 Å². The van der Waals surface area contributed by atoms with Gasteiger partial charge in [0.05, 0.1) is 0 Å². The maximum Gasteiger partial charge on any atom is 0.0398 e. The normalized spacial score (nSPS) is 14.5. The second kappa shape index (κ2) is 4.32. The first-order chi connectivity index (χ1) is 5.02. The van der Waals surface area contributed by atoms with Gasteiger partial charge in [-0.05, 0) is 19.9 Å². The highest BCUT2D eigenvalue weighted by molar-refractivity contribution is 5.98. The van der Waals surface area contributed by atoms with Crippen LogP contribution in [0.3, 0.4) is 0 Å². The predicted molar refractivity (Wildman–Crippen MR) is 52.2 cm³/mol. The number of hydrogen-bond acceptors (Lipinski definition) is 1. The van der Waals surface area contributed by atoms with Crippen LogP contribution in [0.1, 0.15) is 34.6 Å². The summed E-state index contributed by atoms with van der Waals surface area (Å²) in [6.45, 7) is 11.5. The molecule has 0 aromatic heterocycles. The van der Waals surface area contributed by atoms with Crippen molar-refractivity contribution in [3.05, 3.63) is 12.2 Å². The van der Waals surface area contributed by atoms with Gasteiger partial charge < -0.3 is 0 Å². The lowest BCUT2D eigenvalue weighted by molar-refractivity contribution is 0.591. The van der Waals surface area contributed by atoms with Gasteiger partial charge in [-0.1, -0.05) is 26.8 Å². The molecule has 64 valence electrons. The minimum absolute atomic E-state index is 0.183. The number of rotatable bonds is 2. The van der Waals surface area contributed by atoms with Gasteiger partial charge in [0, 0.05) is 17.7 Å². The lowest BCUT2D eigenvalue weighted by atomic mass is 9.89. The van der Waals surface area contributed by atoms with Gasteiger partial charge in [-0.15, -0.1) is 0 Å². The molecule has 0 bridgehead atoms. The molecule has 1 heteroatoms. The van der Waals surface area contributed by atoms with E-state index in [2.05, 4.69) is 38.8 Å². The van der Waals surface area contributed by atoms with Gasteiger partial charge in [0.2, 0.25) is 0 Å². The molecule has 0 atom stereocenters. The van der Waals surface area contributed by atoms with E-state index >= 15 is 0 Å². The lowest BCUT2D eigenvalue weighted by Gasteiger charge is -2.18. The molecule has 0 aliphatic heterocycles. The molecule has 0 rings (SSSR count). The van der Waals surface area contributed by atoms with Crippen LogP contribution in [0.2, 0.25) is 0 Å². The van der Waals surface area contributed by atoms with Crippen molar-refractivity contribution in [3.8, 4) is 0 Å². The third kappa shape index (κ3) is 3.97. The van der Waals surface area contributed by atoms with Crippen LogP contribution in [0, 0.1) is 5.41 Å². The fourth-order valence-corrected chi connectivity index (χ4v) is 0.868. The fourth-order valence-electron chi connectivity index (χ4n) is 0.868. The smallest absolute Gasteiger partial charge is 0.0398 e. The van der Waals surface area contributed by atoms with Crippen LogP contribution in [0.5, 0.6) is 0 Å². The molecule has 0 saturated carbocycles. The largest absolute Gasteiger partial charge is 0.290 e. The summed E-state index contributed by atoms with van der Waals surface area (Å²) >= 11 is 0. The lowest BCUT2D eigenvalue weighted by Crippen LogP contribution is -2.18. The Morgan fingerprint density at radius 3 is 2.18 bits per heavy atom. The first kappa shape index (κ1) is 10.4. The van der Waals surface area contributed by atoms with Crippen molar-refractivity contribution in [1.82, 2.24) is 0 Å². The second-order valence-corrected chi connectivity index (χ2v) is 3.61. The minimum Gasteiger partial charge on any atom is -0.290 e. The Bertz CT molecular complexity index is 158. The number of allylic oxidation sites excluding steroid dienone is 2. The predicted octanol–water partition coefficient (Wildman–Crippen LogP) is 3.07. The molecule has 0 fully saturated rings. The molecule has 0 aliphatic rings. The summed E-state index contributed by atoms with van der Waals surface area (Å²) in [5.41, 5.74) is 1.37. The van der Waals surface area contributed by atoms with E-state index in [1.54, 1.807) is 0 Å². The molecule has 0 spiro atoms. The van der Waals surface area contributed by atoms with Crippen LogP contribution in [-0.4, -0.2) is 12.3 Å². The van der Waals surface area contributed by atoms with E-state index in [1.165, 1.54) is 5.71 Å². The molecule has 0 unspecified atom stereocenters. The number of aliphatic imine (C=N–C) groups is 1. The highest BCUT2D eigenvalue weighted by Crippen LogP contribution is 2.16. The van der Waals surface area contributed by atoms with Crippen LogP contribution in [0.25, 0.3) is 0 Å². The quantitative estimate of drug-likeness (QED) is 0.541. The zero-order chi connectivity index (χ0) is 8.91. The Hall–Kier alpha value is -0.590. The molecule has 0 radical (unpaired) electrons. The van der Waals surface area contributed by atoms with E-state index in [9.17, 15) is 0 Å². The Morgan fingerprint density at radius 2 is 1.91 bits per heavy atom. The van der Waals surface area contributed by atoms with E-state index in [-0.39, 0.29) is 5.41 Å². The van der Waals surface area contributed by atoms with Crippen LogP contribution in [0.15, 0.2) is 17.1 Å². The average Bonchev–Trinajstić information content (AvgIpc) is 1.85. The van der Waals surface area contributed by atoms with Gasteiger partial charge in [0.15, 0.2) is 0 Å². The van der Waals surface area contributed by atoms with Gasteiger partial charge in [-0.3, -0.25) is 4.99 Å². The van der Waals surface area contributed by atoms with Gasteiger partial charge in [-0.25, -0.2) is 0 Å². The van der Waals surface area contributed by atoms with Crippen molar-refractivity contribution in [2.24, 2.45) is 10.4 Å². The summed E-state index contributed by atoms with van der Waals surface area (Å²) in [5, 5.41) is 0. The van der Waals surface area contributed by atoms with Crippen molar-refractivity contribution in [3.63, 3.8) is 0 Å². The molecule has 11 heavy (non-hydrogen) atoms. The molecule has 0 amide bonds. The summed E-state index contributed by atoms with van der Waals surface area (Å²) < 4.78 is 0. The van der Waals surface area contributed by atoms with Crippen LogP contribution < -0.4 is 0 Å². The zero-order valence-corrected chi connectivity index (χ0v) is 8.31.